The number of hydrogen-bond donors (Lipinski definition) is 0. The Morgan fingerprint density at radius 2 is 1.03 bits per heavy atom. The van der Waals surface area contributed by atoms with Crippen LogP contribution >= 0.6 is 0 Å². The summed E-state index contributed by atoms with van der Waals surface area (Å²) in [6, 6.07) is 0. The Labute approximate surface area is 223 Å². The average Bonchev–Trinajstić information content (AvgIpc) is 2.71. The number of carbonyl (C=O) groups excluding carboxylic acids is 2. The second-order valence-corrected chi connectivity index (χ2v) is 14.5. The molecule has 0 aromatic carbocycles. The monoisotopic (exact) mass is 506 g/mol. The van der Waals surface area contributed by atoms with Crippen molar-refractivity contribution < 1.29 is 14.3 Å². The van der Waals surface area contributed by atoms with E-state index in [0.29, 0.717) is 18.1 Å². The maximum atomic E-state index is 12.6. The highest BCUT2D eigenvalue weighted by Crippen LogP contribution is 2.41. The second-order valence-electron chi connectivity index (χ2n) is 14.5. The molecule has 2 aliphatic rings. The van der Waals surface area contributed by atoms with Crippen molar-refractivity contribution in [1.82, 2.24) is 9.80 Å². The number of hydrogen-bond acceptors (Lipinski definition) is 5. The summed E-state index contributed by atoms with van der Waals surface area (Å²) >= 11 is 0. The minimum Gasteiger partial charge on any atom is -0.462 e. The highest BCUT2D eigenvalue weighted by atomic mass is 16.5. The van der Waals surface area contributed by atoms with Gasteiger partial charge in [0.05, 0.1) is 0 Å². The van der Waals surface area contributed by atoms with Gasteiger partial charge in [0.15, 0.2) is 0 Å². The quantitative estimate of drug-likeness (QED) is 0.208. The molecule has 0 bridgehead atoms. The van der Waals surface area contributed by atoms with E-state index in [9.17, 15) is 9.59 Å². The summed E-state index contributed by atoms with van der Waals surface area (Å²) in [5, 5.41) is 0. The van der Waals surface area contributed by atoms with Gasteiger partial charge in [0.25, 0.3) is 0 Å². The van der Waals surface area contributed by atoms with Crippen LogP contribution in [-0.4, -0.2) is 63.9 Å². The van der Waals surface area contributed by atoms with Crippen molar-refractivity contribution in [2.45, 2.75) is 167 Å². The first-order valence-electron chi connectivity index (χ1n) is 14.7. The van der Waals surface area contributed by atoms with Gasteiger partial charge in [-0.05, 0) is 101 Å². The first-order valence-corrected chi connectivity index (χ1v) is 14.7. The standard InChI is InChI=1S/C31H58N2O3/c1-28(2)20-24(21-29(3,4)32(28)9)19-25(34)17-15-13-11-12-14-16-18-27(35)36-26-22-30(5,6)33(10)31(7,8)23-26/h24,26H,11-23H2,1-10H3. The molecule has 0 atom stereocenters. The van der Waals surface area contributed by atoms with Crippen LogP contribution in [0.2, 0.25) is 0 Å². The van der Waals surface area contributed by atoms with Crippen molar-refractivity contribution in [2.75, 3.05) is 14.1 Å². The summed E-state index contributed by atoms with van der Waals surface area (Å²) in [4.78, 5) is 29.9. The van der Waals surface area contributed by atoms with Gasteiger partial charge in [-0.3, -0.25) is 19.4 Å². The van der Waals surface area contributed by atoms with Gasteiger partial charge in [-0.15, -0.1) is 0 Å². The van der Waals surface area contributed by atoms with Gasteiger partial charge < -0.3 is 4.74 Å². The zero-order valence-corrected chi connectivity index (χ0v) is 25.5. The molecular weight excluding hydrogens is 448 g/mol. The number of Topliss-reactive ketones (excluding diaryl/α,β-unsaturated/α-hetero) is 1. The third kappa shape index (κ3) is 8.82. The number of nitrogens with zero attached hydrogens (tertiary/aromatic N) is 2. The summed E-state index contributed by atoms with van der Waals surface area (Å²) in [5.41, 5.74) is 0.377. The largest absolute Gasteiger partial charge is 0.462 e. The van der Waals surface area contributed by atoms with E-state index in [4.69, 9.17) is 4.74 Å². The maximum Gasteiger partial charge on any atom is 0.306 e. The van der Waals surface area contributed by atoms with E-state index in [1.807, 2.05) is 0 Å². The molecule has 2 saturated heterocycles. The van der Waals surface area contributed by atoms with Crippen molar-refractivity contribution in [3.05, 3.63) is 0 Å². The van der Waals surface area contributed by atoms with E-state index in [1.54, 1.807) is 0 Å². The number of unbranched alkanes of at least 4 members (excludes halogenated alkanes) is 5. The van der Waals surface area contributed by atoms with Crippen LogP contribution in [-0.2, 0) is 14.3 Å². The molecule has 0 aliphatic carbocycles. The van der Waals surface area contributed by atoms with Crippen LogP contribution in [0.3, 0.4) is 0 Å². The van der Waals surface area contributed by atoms with Crippen molar-refractivity contribution in [3.63, 3.8) is 0 Å². The molecule has 0 unspecified atom stereocenters. The molecule has 2 aliphatic heterocycles. The SMILES string of the molecule is CN1C(C)(C)CC(CC(=O)CCCCCCCCC(=O)OC2CC(C)(C)N(C)C(C)(C)C2)CC1(C)C. The Kier molecular flexibility index (Phi) is 10.7. The summed E-state index contributed by atoms with van der Waals surface area (Å²) in [6.07, 6.45) is 12.4. The smallest absolute Gasteiger partial charge is 0.306 e. The molecule has 5 nitrogen and oxygen atoms in total. The molecule has 36 heavy (non-hydrogen) atoms. The molecule has 0 N–H and O–H groups in total. The van der Waals surface area contributed by atoms with E-state index < -0.39 is 0 Å². The van der Waals surface area contributed by atoms with Crippen LogP contribution in [0, 0.1) is 5.92 Å². The predicted octanol–water partition coefficient (Wildman–Crippen LogP) is 7.16. The summed E-state index contributed by atoms with van der Waals surface area (Å²) < 4.78 is 5.87. The fourth-order valence-electron chi connectivity index (χ4n) is 7.05. The predicted molar refractivity (Wildman–Crippen MR) is 150 cm³/mol. The van der Waals surface area contributed by atoms with Crippen molar-refractivity contribution in [3.8, 4) is 0 Å². The highest BCUT2D eigenvalue weighted by molar-refractivity contribution is 5.78. The zero-order chi connectivity index (χ0) is 27.4. The topological polar surface area (TPSA) is 49.9 Å². The van der Waals surface area contributed by atoms with Crippen LogP contribution in [0.5, 0.6) is 0 Å². The minimum absolute atomic E-state index is 0.0166. The van der Waals surface area contributed by atoms with Gasteiger partial charge in [-0.1, -0.05) is 25.7 Å². The van der Waals surface area contributed by atoms with Crippen LogP contribution in [0.4, 0.5) is 0 Å². The lowest BCUT2D eigenvalue weighted by molar-refractivity contribution is -0.159. The molecule has 2 heterocycles. The number of rotatable bonds is 12. The number of piperidine rings is 2. The van der Waals surface area contributed by atoms with Crippen molar-refractivity contribution >= 4 is 11.8 Å². The van der Waals surface area contributed by atoms with E-state index in [0.717, 1.165) is 77.0 Å². The van der Waals surface area contributed by atoms with Gasteiger partial charge >= 0.3 is 5.97 Å². The van der Waals surface area contributed by atoms with Gasteiger partial charge in [0.2, 0.25) is 0 Å². The van der Waals surface area contributed by atoms with E-state index in [2.05, 4.69) is 79.3 Å². The molecule has 2 fully saturated rings. The Morgan fingerprint density at radius 3 is 1.50 bits per heavy atom. The molecule has 0 saturated carbocycles. The van der Waals surface area contributed by atoms with E-state index in [-0.39, 0.29) is 34.2 Å². The first kappa shape index (κ1) is 31.3. The van der Waals surface area contributed by atoms with Gasteiger partial charge in [0.1, 0.15) is 11.9 Å². The maximum absolute atomic E-state index is 12.6. The number of ether oxygens (including phenoxy) is 1. The van der Waals surface area contributed by atoms with Crippen LogP contribution in [0.15, 0.2) is 0 Å². The average molecular weight is 507 g/mol. The van der Waals surface area contributed by atoms with Crippen molar-refractivity contribution in [1.29, 1.82) is 0 Å². The minimum atomic E-state index is -0.0398. The third-order valence-electron chi connectivity index (χ3n) is 9.56. The number of likely N-dealkylation sites (tertiary alicyclic amines) is 2. The molecule has 0 aromatic heterocycles. The summed E-state index contributed by atoms with van der Waals surface area (Å²) in [7, 11) is 4.39. The molecule has 0 spiro atoms. The van der Waals surface area contributed by atoms with Crippen LogP contribution in [0.1, 0.15) is 139 Å². The van der Waals surface area contributed by atoms with Crippen LogP contribution in [0.25, 0.3) is 0 Å². The zero-order valence-electron chi connectivity index (χ0n) is 25.5. The fourth-order valence-corrected chi connectivity index (χ4v) is 7.05. The number of carbonyl (C=O) groups is 2. The molecule has 0 aromatic rings. The first-order chi connectivity index (χ1) is 16.5. The lowest BCUT2D eigenvalue weighted by atomic mass is 9.72. The van der Waals surface area contributed by atoms with E-state index in [1.165, 1.54) is 0 Å². The Morgan fingerprint density at radius 1 is 0.639 bits per heavy atom. The Bertz CT molecular complexity index is 642. The molecule has 210 valence electrons. The molecule has 0 radical (unpaired) electrons. The number of esters is 1. The molecule has 5 heteroatoms. The lowest BCUT2D eigenvalue weighted by Crippen LogP contribution is -2.60. The Balaban J connectivity index is 1.54. The van der Waals surface area contributed by atoms with Gasteiger partial charge in [-0.25, -0.2) is 0 Å². The Hall–Kier alpha value is -0.940. The van der Waals surface area contributed by atoms with E-state index >= 15 is 0 Å². The lowest BCUT2D eigenvalue weighted by Gasteiger charge is -2.53. The highest BCUT2D eigenvalue weighted by Gasteiger charge is 2.45. The third-order valence-corrected chi connectivity index (χ3v) is 9.56. The molecular formula is C31H58N2O3. The molecule has 0 amide bonds. The van der Waals surface area contributed by atoms with Gasteiger partial charge in [0, 0.05) is 54.3 Å². The summed E-state index contributed by atoms with van der Waals surface area (Å²) in [5.74, 6) is 0.909. The van der Waals surface area contributed by atoms with Gasteiger partial charge in [-0.2, -0.15) is 0 Å². The molecule has 2 rings (SSSR count). The van der Waals surface area contributed by atoms with Crippen LogP contribution < -0.4 is 0 Å². The normalized spacial score (nSPS) is 24.5. The van der Waals surface area contributed by atoms with Crippen molar-refractivity contribution in [2.24, 2.45) is 5.92 Å². The summed E-state index contributed by atoms with van der Waals surface area (Å²) in [6.45, 7) is 18.2. The second kappa shape index (κ2) is 12.3. The number of ketones is 1. The fraction of sp³-hybridized carbons (Fsp3) is 0.935.